The van der Waals surface area contributed by atoms with Crippen LogP contribution in [0.25, 0.3) is 0 Å². The number of nitrogens with one attached hydrogen (secondary N) is 1. The highest BCUT2D eigenvalue weighted by Gasteiger charge is 2.10. The molecule has 0 saturated heterocycles. The molecule has 0 heterocycles. The molecule has 0 aliphatic rings. The molecule has 0 fully saturated rings. The Morgan fingerprint density at radius 3 is 2.20 bits per heavy atom. The number of carbonyl (C=O) groups excluding carboxylic acids is 2. The fraction of sp³-hybridized carbons (Fsp3) is 0.0667. The van der Waals surface area contributed by atoms with Gasteiger partial charge in [0, 0.05) is 5.56 Å². The van der Waals surface area contributed by atoms with Crippen LogP contribution in [0.15, 0.2) is 48.5 Å². The first-order valence-corrected chi connectivity index (χ1v) is 6.24. The van der Waals surface area contributed by atoms with Crippen LogP contribution in [0, 0.1) is 0 Å². The van der Waals surface area contributed by atoms with Gasteiger partial charge in [0.2, 0.25) is 0 Å². The highest BCUT2D eigenvalue weighted by atomic mass is 35.5. The molecule has 2 rings (SSSR count). The van der Waals surface area contributed by atoms with Gasteiger partial charge in [0.25, 0.3) is 5.91 Å². The number of halogens is 1. The molecule has 5 heteroatoms. The number of ether oxygens (including phenoxy) is 1. The fourth-order valence-corrected chi connectivity index (χ4v) is 1.82. The number of methoxy groups -OCH3 is 1. The number of benzene rings is 2. The van der Waals surface area contributed by atoms with Crippen molar-refractivity contribution < 1.29 is 14.3 Å². The lowest BCUT2D eigenvalue weighted by atomic mass is 10.1. The van der Waals surface area contributed by atoms with E-state index in [0.29, 0.717) is 21.8 Å². The van der Waals surface area contributed by atoms with E-state index >= 15 is 0 Å². The van der Waals surface area contributed by atoms with Crippen molar-refractivity contribution in [3.63, 3.8) is 0 Å². The molecule has 0 atom stereocenters. The lowest BCUT2D eigenvalue weighted by molar-refractivity contribution is 0.0600. The first-order valence-electron chi connectivity index (χ1n) is 5.86. The second-order valence-corrected chi connectivity index (χ2v) is 4.41. The Morgan fingerprint density at radius 1 is 1.00 bits per heavy atom. The van der Waals surface area contributed by atoms with E-state index in [0.717, 1.165) is 0 Å². The van der Waals surface area contributed by atoms with Gasteiger partial charge in [-0.05, 0) is 36.4 Å². The monoisotopic (exact) mass is 289 g/mol. The molecule has 0 aromatic heterocycles. The van der Waals surface area contributed by atoms with Gasteiger partial charge in [0.1, 0.15) is 0 Å². The Bertz CT molecular complexity index is 638. The smallest absolute Gasteiger partial charge is 0.337 e. The molecule has 1 amide bonds. The van der Waals surface area contributed by atoms with E-state index in [1.165, 1.54) is 19.2 Å². The molecule has 0 unspecified atom stereocenters. The zero-order valence-corrected chi connectivity index (χ0v) is 11.5. The van der Waals surface area contributed by atoms with Crippen LogP contribution in [-0.2, 0) is 4.74 Å². The molecule has 2 aromatic carbocycles. The SMILES string of the molecule is COC(=O)c1ccc(C(=O)Nc2ccccc2Cl)cc1. The van der Waals surface area contributed by atoms with E-state index in [2.05, 4.69) is 10.1 Å². The summed E-state index contributed by atoms with van der Waals surface area (Å²) in [6.07, 6.45) is 0. The minimum Gasteiger partial charge on any atom is -0.465 e. The van der Waals surface area contributed by atoms with Crippen LogP contribution in [0.4, 0.5) is 5.69 Å². The van der Waals surface area contributed by atoms with Crippen molar-refractivity contribution >= 4 is 29.2 Å². The molecule has 102 valence electrons. The van der Waals surface area contributed by atoms with Crippen LogP contribution in [0.1, 0.15) is 20.7 Å². The summed E-state index contributed by atoms with van der Waals surface area (Å²) in [5.74, 6) is -0.738. The zero-order valence-electron chi connectivity index (χ0n) is 10.7. The third kappa shape index (κ3) is 3.16. The molecule has 2 aromatic rings. The zero-order chi connectivity index (χ0) is 14.5. The maximum absolute atomic E-state index is 12.0. The Hall–Kier alpha value is -2.33. The fourth-order valence-electron chi connectivity index (χ4n) is 1.63. The Labute approximate surface area is 121 Å². The predicted molar refractivity (Wildman–Crippen MR) is 77.2 cm³/mol. The highest BCUT2D eigenvalue weighted by molar-refractivity contribution is 6.33. The second-order valence-electron chi connectivity index (χ2n) is 4.00. The van der Waals surface area contributed by atoms with Gasteiger partial charge in [-0.1, -0.05) is 23.7 Å². The number of amides is 1. The predicted octanol–water partition coefficient (Wildman–Crippen LogP) is 3.38. The number of esters is 1. The number of hydrogen-bond acceptors (Lipinski definition) is 3. The normalized spacial score (nSPS) is 9.90. The minimum atomic E-state index is -0.442. The van der Waals surface area contributed by atoms with Crippen LogP contribution >= 0.6 is 11.6 Å². The summed E-state index contributed by atoms with van der Waals surface area (Å²) >= 11 is 5.97. The molecule has 20 heavy (non-hydrogen) atoms. The summed E-state index contributed by atoms with van der Waals surface area (Å²) in [4.78, 5) is 23.3. The average molecular weight is 290 g/mol. The van der Waals surface area contributed by atoms with Gasteiger partial charge in [0.15, 0.2) is 0 Å². The van der Waals surface area contributed by atoms with Crippen LogP contribution in [0.2, 0.25) is 5.02 Å². The molecule has 4 nitrogen and oxygen atoms in total. The summed E-state index contributed by atoms with van der Waals surface area (Å²) in [5.41, 5.74) is 1.36. The molecule has 0 bridgehead atoms. The lowest BCUT2D eigenvalue weighted by Gasteiger charge is -2.07. The quantitative estimate of drug-likeness (QED) is 0.881. The topological polar surface area (TPSA) is 55.4 Å². The largest absolute Gasteiger partial charge is 0.465 e. The van der Waals surface area contributed by atoms with E-state index in [-0.39, 0.29) is 5.91 Å². The minimum absolute atomic E-state index is 0.297. The van der Waals surface area contributed by atoms with Crippen molar-refractivity contribution in [2.75, 3.05) is 12.4 Å². The van der Waals surface area contributed by atoms with Gasteiger partial charge < -0.3 is 10.1 Å². The summed E-state index contributed by atoms with van der Waals surface area (Å²) in [6, 6.07) is 13.1. The van der Waals surface area contributed by atoms with E-state index in [1.54, 1.807) is 36.4 Å². The Morgan fingerprint density at radius 2 is 1.60 bits per heavy atom. The second kappa shape index (κ2) is 6.21. The lowest BCUT2D eigenvalue weighted by Crippen LogP contribution is -2.12. The summed E-state index contributed by atoms with van der Waals surface area (Å²) < 4.78 is 4.59. The molecular formula is C15H12ClNO3. The van der Waals surface area contributed by atoms with Gasteiger partial charge in [-0.3, -0.25) is 4.79 Å². The maximum atomic E-state index is 12.0. The first kappa shape index (κ1) is 14.1. The van der Waals surface area contributed by atoms with Gasteiger partial charge in [-0.15, -0.1) is 0 Å². The van der Waals surface area contributed by atoms with Crippen molar-refractivity contribution in [2.45, 2.75) is 0 Å². The number of para-hydroxylation sites is 1. The number of rotatable bonds is 3. The molecule has 1 N–H and O–H groups in total. The van der Waals surface area contributed by atoms with Crippen molar-refractivity contribution in [2.24, 2.45) is 0 Å². The third-order valence-electron chi connectivity index (χ3n) is 2.69. The summed E-state index contributed by atoms with van der Waals surface area (Å²) in [6.45, 7) is 0. The summed E-state index contributed by atoms with van der Waals surface area (Å²) in [7, 11) is 1.31. The van der Waals surface area contributed by atoms with Crippen molar-refractivity contribution in [1.29, 1.82) is 0 Å². The van der Waals surface area contributed by atoms with Crippen molar-refractivity contribution in [3.05, 3.63) is 64.7 Å². The summed E-state index contributed by atoms with van der Waals surface area (Å²) in [5, 5.41) is 3.17. The van der Waals surface area contributed by atoms with E-state index in [9.17, 15) is 9.59 Å². The number of hydrogen-bond donors (Lipinski definition) is 1. The number of anilines is 1. The van der Waals surface area contributed by atoms with Crippen LogP contribution in [0.5, 0.6) is 0 Å². The van der Waals surface area contributed by atoms with E-state index < -0.39 is 5.97 Å². The van der Waals surface area contributed by atoms with Gasteiger partial charge in [0.05, 0.1) is 23.4 Å². The first-order chi connectivity index (χ1) is 9.61. The van der Waals surface area contributed by atoms with Gasteiger partial charge in [-0.2, -0.15) is 0 Å². The standard InChI is InChI=1S/C15H12ClNO3/c1-20-15(19)11-8-6-10(7-9-11)14(18)17-13-5-3-2-4-12(13)16/h2-9H,1H3,(H,17,18). The highest BCUT2D eigenvalue weighted by Crippen LogP contribution is 2.21. The average Bonchev–Trinajstić information content (AvgIpc) is 2.49. The van der Waals surface area contributed by atoms with Gasteiger partial charge in [-0.25, -0.2) is 4.79 Å². The third-order valence-corrected chi connectivity index (χ3v) is 3.02. The van der Waals surface area contributed by atoms with Crippen molar-refractivity contribution in [3.8, 4) is 0 Å². The van der Waals surface area contributed by atoms with Crippen LogP contribution < -0.4 is 5.32 Å². The van der Waals surface area contributed by atoms with Crippen molar-refractivity contribution in [1.82, 2.24) is 0 Å². The molecule has 0 saturated carbocycles. The maximum Gasteiger partial charge on any atom is 0.337 e. The van der Waals surface area contributed by atoms with E-state index in [4.69, 9.17) is 11.6 Å². The molecule has 0 aliphatic carbocycles. The molecule has 0 spiro atoms. The van der Waals surface area contributed by atoms with Crippen LogP contribution in [0.3, 0.4) is 0 Å². The number of carbonyl (C=O) groups is 2. The molecule has 0 aliphatic heterocycles. The Kier molecular flexibility index (Phi) is 4.38. The Balaban J connectivity index is 2.14. The van der Waals surface area contributed by atoms with E-state index in [1.807, 2.05) is 0 Å². The van der Waals surface area contributed by atoms with Crippen LogP contribution in [-0.4, -0.2) is 19.0 Å². The molecular weight excluding hydrogens is 278 g/mol. The van der Waals surface area contributed by atoms with Gasteiger partial charge >= 0.3 is 5.97 Å². The molecule has 0 radical (unpaired) electrons.